The number of hydrogen-bond donors (Lipinski definition) is 1. The van der Waals surface area contributed by atoms with Gasteiger partial charge in [-0.25, -0.2) is 4.98 Å². The molecule has 1 amide bonds. The van der Waals surface area contributed by atoms with Gasteiger partial charge in [-0.05, 0) is 56.2 Å². The van der Waals surface area contributed by atoms with Crippen LogP contribution in [0, 0.1) is 0 Å². The van der Waals surface area contributed by atoms with Gasteiger partial charge in [0.15, 0.2) is 0 Å². The van der Waals surface area contributed by atoms with Crippen LogP contribution < -0.4 is 10.1 Å². The Balaban J connectivity index is 1.23. The summed E-state index contributed by atoms with van der Waals surface area (Å²) in [6.07, 6.45) is 7.68. The highest BCUT2D eigenvalue weighted by Gasteiger charge is 2.21. The molecule has 0 radical (unpaired) electrons. The van der Waals surface area contributed by atoms with Gasteiger partial charge in [0.1, 0.15) is 17.7 Å². The van der Waals surface area contributed by atoms with Crippen LogP contribution in [0.5, 0.6) is 5.75 Å². The number of piperidine rings is 1. The molecule has 31 heavy (non-hydrogen) atoms. The molecule has 3 heterocycles. The first-order valence-corrected chi connectivity index (χ1v) is 10.9. The van der Waals surface area contributed by atoms with Crippen LogP contribution >= 0.6 is 0 Å². The van der Waals surface area contributed by atoms with Crippen molar-refractivity contribution in [3.8, 4) is 5.75 Å². The van der Waals surface area contributed by atoms with E-state index < -0.39 is 0 Å². The lowest BCUT2D eigenvalue weighted by atomic mass is 10.1. The highest BCUT2D eigenvalue weighted by Crippen LogP contribution is 2.20. The number of carbonyl (C=O) groups is 1. The molecule has 0 saturated carbocycles. The zero-order chi connectivity index (χ0) is 21.5. The van der Waals surface area contributed by atoms with E-state index in [0.717, 1.165) is 56.3 Å². The molecule has 1 aliphatic rings. The number of carbonyl (C=O) groups excluding carboxylic acids is 1. The Kier molecular flexibility index (Phi) is 6.94. The van der Waals surface area contributed by atoms with Gasteiger partial charge in [-0.1, -0.05) is 6.07 Å². The summed E-state index contributed by atoms with van der Waals surface area (Å²) in [5, 5.41) is 2.93. The van der Waals surface area contributed by atoms with Crippen LogP contribution in [0.4, 0.5) is 0 Å². The fraction of sp³-hybridized carbons (Fsp3) is 0.375. The van der Waals surface area contributed by atoms with Crippen LogP contribution in [0.3, 0.4) is 0 Å². The van der Waals surface area contributed by atoms with E-state index in [1.165, 1.54) is 0 Å². The number of ether oxygens (including phenoxy) is 1. The third-order valence-corrected chi connectivity index (χ3v) is 5.62. The summed E-state index contributed by atoms with van der Waals surface area (Å²) in [5.74, 6) is 1.55. The van der Waals surface area contributed by atoms with Crippen LogP contribution in [-0.2, 0) is 19.6 Å². The Hall–Kier alpha value is -3.19. The fourth-order valence-corrected chi connectivity index (χ4v) is 3.84. The predicted molar refractivity (Wildman–Crippen MR) is 119 cm³/mol. The molecule has 0 spiro atoms. The first-order valence-electron chi connectivity index (χ1n) is 10.9. The van der Waals surface area contributed by atoms with E-state index in [9.17, 15) is 4.79 Å². The molecule has 1 N–H and O–H groups in total. The molecule has 1 aromatic carbocycles. The van der Waals surface area contributed by atoms with E-state index >= 15 is 0 Å². The molecule has 0 unspecified atom stereocenters. The highest BCUT2D eigenvalue weighted by atomic mass is 16.5. The average Bonchev–Trinajstić information content (AvgIpc) is 3.28. The van der Waals surface area contributed by atoms with E-state index in [0.29, 0.717) is 12.1 Å². The smallest absolute Gasteiger partial charge is 0.251 e. The number of nitrogens with one attached hydrogen (secondary N) is 1. The molecule has 1 aliphatic heterocycles. The molecule has 2 aromatic heterocycles. The molecule has 0 atom stereocenters. The van der Waals surface area contributed by atoms with Gasteiger partial charge in [0.2, 0.25) is 0 Å². The molecule has 162 valence electrons. The number of amides is 1. The summed E-state index contributed by atoms with van der Waals surface area (Å²) < 4.78 is 8.16. The fourth-order valence-electron chi connectivity index (χ4n) is 3.84. The van der Waals surface area contributed by atoms with E-state index in [1.807, 2.05) is 53.4 Å². The second kappa shape index (κ2) is 10.2. The standard InChI is InChI=1S/C24H29N5O2/c1-2-29-16-13-26-23(29)17-27-24(30)19-6-8-21(9-7-19)31-22-10-14-28(15-11-22)18-20-5-3-4-12-25-20/h3-9,12-13,16,22H,2,10-11,14-15,17-18H2,1H3,(H,27,30). The third kappa shape index (κ3) is 5.70. The molecule has 7 heteroatoms. The van der Waals surface area contributed by atoms with Gasteiger partial charge in [0.05, 0.1) is 12.2 Å². The number of hydrogen-bond acceptors (Lipinski definition) is 5. The maximum atomic E-state index is 12.4. The van der Waals surface area contributed by atoms with Crippen molar-refractivity contribution in [3.63, 3.8) is 0 Å². The van der Waals surface area contributed by atoms with Crippen molar-refractivity contribution in [2.45, 2.75) is 45.5 Å². The number of aromatic nitrogens is 3. The maximum absolute atomic E-state index is 12.4. The Labute approximate surface area is 183 Å². The normalized spacial score (nSPS) is 15.0. The Morgan fingerprint density at radius 3 is 2.61 bits per heavy atom. The molecule has 3 aromatic rings. The topological polar surface area (TPSA) is 72.3 Å². The van der Waals surface area contributed by atoms with Gasteiger partial charge in [-0.2, -0.15) is 0 Å². The van der Waals surface area contributed by atoms with Crippen LogP contribution in [-0.4, -0.2) is 44.5 Å². The number of imidazole rings is 1. The summed E-state index contributed by atoms with van der Waals surface area (Å²) in [4.78, 5) is 23.5. The minimum atomic E-state index is -0.111. The molecule has 1 fully saturated rings. The second-order valence-corrected chi connectivity index (χ2v) is 7.75. The zero-order valence-corrected chi connectivity index (χ0v) is 17.9. The molecule has 4 rings (SSSR count). The Morgan fingerprint density at radius 2 is 1.90 bits per heavy atom. The minimum absolute atomic E-state index is 0.111. The van der Waals surface area contributed by atoms with Crippen LogP contribution in [0.1, 0.15) is 41.6 Å². The molecule has 0 aliphatic carbocycles. The Bertz CT molecular complexity index is 963. The molecular weight excluding hydrogens is 390 g/mol. The van der Waals surface area contributed by atoms with Crippen molar-refractivity contribution in [2.24, 2.45) is 0 Å². The highest BCUT2D eigenvalue weighted by molar-refractivity contribution is 5.94. The van der Waals surface area contributed by atoms with Crippen molar-refractivity contribution in [2.75, 3.05) is 13.1 Å². The van der Waals surface area contributed by atoms with Crippen molar-refractivity contribution in [3.05, 3.63) is 78.1 Å². The van der Waals surface area contributed by atoms with E-state index in [2.05, 4.69) is 33.2 Å². The SMILES string of the molecule is CCn1ccnc1CNC(=O)c1ccc(OC2CCN(Cc3ccccn3)CC2)cc1. The van der Waals surface area contributed by atoms with Gasteiger partial charge in [-0.3, -0.25) is 14.7 Å². The number of benzene rings is 1. The first-order chi connectivity index (χ1) is 15.2. The summed E-state index contributed by atoms with van der Waals surface area (Å²) in [5.41, 5.74) is 1.72. The summed E-state index contributed by atoms with van der Waals surface area (Å²) >= 11 is 0. The Morgan fingerprint density at radius 1 is 1.10 bits per heavy atom. The lowest BCUT2D eigenvalue weighted by Crippen LogP contribution is -2.37. The summed E-state index contributed by atoms with van der Waals surface area (Å²) in [6, 6.07) is 13.4. The summed E-state index contributed by atoms with van der Waals surface area (Å²) in [6.45, 7) is 6.17. The number of rotatable bonds is 8. The lowest BCUT2D eigenvalue weighted by molar-refractivity contribution is 0.0946. The minimum Gasteiger partial charge on any atom is -0.490 e. The number of aryl methyl sites for hydroxylation is 1. The van der Waals surface area contributed by atoms with Crippen molar-refractivity contribution < 1.29 is 9.53 Å². The van der Waals surface area contributed by atoms with Crippen molar-refractivity contribution in [1.29, 1.82) is 0 Å². The molecule has 1 saturated heterocycles. The van der Waals surface area contributed by atoms with E-state index in [4.69, 9.17) is 4.74 Å². The monoisotopic (exact) mass is 419 g/mol. The average molecular weight is 420 g/mol. The molecule has 7 nitrogen and oxygen atoms in total. The van der Waals surface area contributed by atoms with Crippen molar-refractivity contribution in [1.82, 2.24) is 24.8 Å². The quantitative estimate of drug-likeness (QED) is 0.607. The van der Waals surface area contributed by atoms with E-state index in [-0.39, 0.29) is 12.0 Å². The van der Waals surface area contributed by atoms with Crippen molar-refractivity contribution >= 4 is 5.91 Å². The summed E-state index contributed by atoms with van der Waals surface area (Å²) in [7, 11) is 0. The molecular formula is C24H29N5O2. The number of pyridine rings is 1. The molecule has 0 bridgehead atoms. The lowest BCUT2D eigenvalue weighted by Gasteiger charge is -2.31. The third-order valence-electron chi connectivity index (χ3n) is 5.62. The predicted octanol–water partition coefficient (Wildman–Crippen LogP) is 3.27. The largest absolute Gasteiger partial charge is 0.490 e. The van der Waals surface area contributed by atoms with Crippen LogP contribution in [0.15, 0.2) is 61.1 Å². The van der Waals surface area contributed by atoms with Gasteiger partial charge in [0, 0.05) is 50.3 Å². The van der Waals surface area contributed by atoms with Crippen LogP contribution in [0.2, 0.25) is 0 Å². The number of nitrogens with zero attached hydrogens (tertiary/aromatic N) is 4. The second-order valence-electron chi connectivity index (χ2n) is 7.75. The number of likely N-dealkylation sites (tertiary alicyclic amines) is 1. The maximum Gasteiger partial charge on any atom is 0.251 e. The zero-order valence-electron chi connectivity index (χ0n) is 17.9. The van der Waals surface area contributed by atoms with Crippen LogP contribution in [0.25, 0.3) is 0 Å². The first kappa shape index (κ1) is 21.1. The van der Waals surface area contributed by atoms with Gasteiger partial charge >= 0.3 is 0 Å². The van der Waals surface area contributed by atoms with Gasteiger partial charge in [-0.15, -0.1) is 0 Å². The van der Waals surface area contributed by atoms with E-state index in [1.54, 1.807) is 6.20 Å². The van der Waals surface area contributed by atoms with Gasteiger partial charge < -0.3 is 14.6 Å². The van der Waals surface area contributed by atoms with Gasteiger partial charge in [0.25, 0.3) is 5.91 Å².